The molecule has 14 heteroatoms. The first-order valence-electron chi connectivity index (χ1n) is 21.4. The molecular formula is C45H55ClN8O5. The Morgan fingerprint density at radius 3 is 2.34 bits per heavy atom. The number of halogens is 1. The molecule has 4 aromatic rings. The van der Waals surface area contributed by atoms with E-state index in [4.69, 9.17) is 16.6 Å². The van der Waals surface area contributed by atoms with Crippen molar-refractivity contribution < 1.29 is 24.6 Å². The Bertz CT molecular complexity index is 2280. The molecule has 2 aromatic heterocycles. The van der Waals surface area contributed by atoms with Crippen molar-refractivity contribution in [2.24, 2.45) is 23.8 Å². The molecule has 2 bridgehead atoms. The van der Waals surface area contributed by atoms with Crippen LogP contribution in [-0.2, 0) is 37.8 Å². The topological polar surface area (TPSA) is 169 Å². The molecule has 9 rings (SSSR count). The summed E-state index contributed by atoms with van der Waals surface area (Å²) in [6, 6.07) is 11.2. The number of nitrogens with zero attached hydrogens (tertiary/aromatic N) is 5. The van der Waals surface area contributed by atoms with Crippen molar-refractivity contribution in [3.63, 3.8) is 0 Å². The van der Waals surface area contributed by atoms with Crippen molar-refractivity contribution in [2.75, 3.05) is 36.8 Å². The summed E-state index contributed by atoms with van der Waals surface area (Å²) in [5.74, 6) is -0.0654. The Balaban J connectivity index is 0.838. The lowest BCUT2D eigenvalue weighted by Crippen LogP contribution is -2.36. The van der Waals surface area contributed by atoms with Crippen LogP contribution < -0.4 is 10.6 Å². The molecule has 2 aromatic carbocycles. The van der Waals surface area contributed by atoms with Gasteiger partial charge in [0.25, 0.3) is 11.8 Å². The van der Waals surface area contributed by atoms with Crippen molar-refractivity contribution in [3.05, 3.63) is 81.4 Å². The zero-order valence-electron chi connectivity index (χ0n) is 34.1. The highest BCUT2D eigenvalue weighted by Crippen LogP contribution is 2.63. The Kier molecular flexibility index (Phi) is 10.7. The molecule has 2 aliphatic heterocycles. The van der Waals surface area contributed by atoms with Gasteiger partial charge in [-0.2, -0.15) is 0 Å². The molecule has 0 unspecified atom stereocenters. The molecule has 59 heavy (non-hydrogen) atoms. The molecule has 5 N–H and O–H groups in total. The molecule has 4 heterocycles. The van der Waals surface area contributed by atoms with Crippen LogP contribution in [0.5, 0.6) is 0 Å². The molecule has 0 radical (unpaired) electrons. The molecule has 0 atom stereocenters. The number of aromatic nitrogens is 4. The number of hydrogen-bond donors (Lipinski definition) is 5. The second kappa shape index (κ2) is 15.8. The summed E-state index contributed by atoms with van der Waals surface area (Å²) in [5.41, 5.74) is 6.99. The largest absolute Gasteiger partial charge is 0.481 e. The number of carboxylic acid groups (broad SMARTS) is 1. The fourth-order valence-electron chi connectivity index (χ4n) is 10.9. The summed E-state index contributed by atoms with van der Waals surface area (Å²) in [4.78, 5) is 56.9. The number of aromatic amines is 1. The van der Waals surface area contributed by atoms with Gasteiger partial charge in [0.05, 0.1) is 39.3 Å². The number of carboxylic acids is 1. The van der Waals surface area contributed by atoms with E-state index >= 15 is 0 Å². The Labute approximate surface area is 349 Å². The van der Waals surface area contributed by atoms with E-state index < -0.39 is 11.4 Å². The predicted octanol–water partition coefficient (Wildman–Crippen LogP) is 6.97. The highest BCUT2D eigenvalue weighted by atomic mass is 35.5. The van der Waals surface area contributed by atoms with E-state index in [2.05, 4.69) is 30.4 Å². The number of rotatable bonds is 11. The van der Waals surface area contributed by atoms with Gasteiger partial charge in [-0.3, -0.25) is 24.2 Å². The molecule has 312 valence electrons. The third-order valence-electron chi connectivity index (χ3n) is 14.5. The Morgan fingerprint density at radius 2 is 1.59 bits per heavy atom. The number of aliphatic carboxylic acids is 1. The minimum Gasteiger partial charge on any atom is -0.481 e. The summed E-state index contributed by atoms with van der Waals surface area (Å²) in [6.45, 7) is 7.01. The molecule has 2 amide bonds. The van der Waals surface area contributed by atoms with Crippen molar-refractivity contribution >= 4 is 40.8 Å². The van der Waals surface area contributed by atoms with Crippen LogP contribution in [0, 0.1) is 23.7 Å². The molecule has 13 nitrogen and oxygen atoms in total. The molecule has 0 spiro atoms. The van der Waals surface area contributed by atoms with Crippen LogP contribution in [0.3, 0.4) is 0 Å². The van der Waals surface area contributed by atoms with E-state index in [1.54, 1.807) is 6.07 Å². The van der Waals surface area contributed by atoms with Gasteiger partial charge in [0.15, 0.2) is 11.6 Å². The Hall–Kier alpha value is -4.56. The van der Waals surface area contributed by atoms with Crippen molar-refractivity contribution in [1.82, 2.24) is 29.3 Å². The van der Waals surface area contributed by atoms with E-state index in [-0.39, 0.29) is 23.3 Å². The van der Waals surface area contributed by atoms with Gasteiger partial charge >= 0.3 is 5.97 Å². The number of amides is 2. The van der Waals surface area contributed by atoms with Gasteiger partial charge in [-0.05, 0) is 112 Å². The summed E-state index contributed by atoms with van der Waals surface area (Å²) in [5, 5.41) is 26.2. The number of aliphatic hydroxyl groups excluding tert-OH is 1. The lowest BCUT2D eigenvalue weighted by molar-refractivity contribution is -0.148. The highest BCUT2D eigenvalue weighted by molar-refractivity contribution is 6.36. The van der Waals surface area contributed by atoms with E-state index in [0.29, 0.717) is 40.5 Å². The summed E-state index contributed by atoms with van der Waals surface area (Å²) in [6.07, 6.45) is 10.7. The Morgan fingerprint density at radius 1 is 0.881 bits per heavy atom. The van der Waals surface area contributed by atoms with E-state index in [0.717, 1.165) is 149 Å². The molecule has 3 fully saturated rings. The van der Waals surface area contributed by atoms with Gasteiger partial charge in [0.1, 0.15) is 0 Å². The SMILES string of the molecule is Cc1c(NC(=O)c2nc3c([nH]2)CN(CC2CCC(O)CC2)CC3)cccc1-c1cccc(NC(=O)c2nc3c(n2C)CCN(CCC24CCC(C(=O)O)(CC2)C4)C3)c1Cl. The lowest BCUT2D eigenvalue weighted by atomic mass is 9.80. The first-order valence-corrected chi connectivity index (χ1v) is 21.8. The monoisotopic (exact) mass is 822 g/mol. The molecule has 5 aliphatic rings. The first-order chi connectivity index (χ1) is 28.4. The van der Waals surface area contributed by atoms with E-state index in [9.17, 15) is 24.6 Å². The number of carbonyl (C=O) groups excluding carboxylic acids is 2. The number of anilines is 2. The maximum absolute atomic E-state index is 13.8. The third kappa shape index (κ3) is 7.71. The van der Waals surface area contributed by atoms with Gasteiger partial charge in [-0.1, -0.05) is 35.9 Å². The quantitative estimate of drug-likeness (QED) is 0.107. The van der Waals surface area contributed by atoms with Crippen LogP contribution in [0.2, 0.25) is 5.02 Å². The van der Waals surface area contributed by atoms with Crippen molar-refractivity contribution in [2.45, 2.75) is 103 Å². The minimum atomic E-state index is -0.623. The second-order valence-electron chi connectivity index (χ2n) is 18.2. The number of benzene rings is 2. The average Bonchev–Trinajstić information content (AvgIpc) is 4.01. The maximum atomic E-state index is 13.8. The molecule has 3 saturated carbocycles. The minimum absolute atomic E-state index is 0.139. The van der Waals surface area contributed by atoms with E-state index in [1.165, 1.54) is 0 Å². The van der Waals surface area contributed by atoms with E-state index in [1.807, 2.05) is 48.9 Å². The standard InChI is InChI=1S/C45H55ClN8O5/c1-27-30(5-3-7-32(27)50-41(56)39-47-33-13-20-54(24-35(33)48-39)23-28-9-11-29(55)12-10-28)31-6-4-8-34(38(31)46)51-42(57)40-49-36-25-53(21-14-37(36)52(40)2)22-19-44-15-17-45(26-44,18-16-44)43(58)59/h3-8,28-29,55H,9-26H2,1-2H3,(H,47,48)(H,50,56)(H,51,57)(H,58,59). The predicted molar refractivity (Wildman–Crippen MR) is 225 cm³/mol. The van der Waals surface area contributed by atoms with Gasteiger partial charge in [0.2, 0.25) is 0 Å². The fourth-order valence-corrected chi connectivity index (χ4v) is 11.2. The van der Waals surface area contributed by atoms with Crippen LogP contribution in [-0.4, -0.2) is 89.6 Å². The van der Waals surface area contributed by atoms with Crippen LogP contribution in [0.15, 0.2) is 36.4 Å². The number of aliphatic hydroxyl groups is 1. The number of hydrogen-bond acceptors (Lipinski definition) is 8. The number of carbonyl (C=O) groups is 3. The van der Waals surface area contributed by atoms with Gasteiger partial charge in [0, 0.05) is 69.6 Å². The van der Waals surface area contributed by atoms with Crippen molar-refractivity contribution in [3.8, 4) is 11.1 Å². The summed E-state index contributed by atoms with van der Waals surface area (Å²) in [7, 11) is 1.89. The number of imidazole rings is 2. The zero-order valence-corrected chi connectivity index (χ0v) is 34.8. The molecular weight excluding hydrogens is 768 g/mol. The molecule has 3 aliphatic carbocycles. The number of fused-ring (bicyclic) bond motifs is 4. The van der Waals surface area contributed by atoms with Gasteiger partial charge in [-0.15, -0.1) is 0 Å². The number of H-pyrrole nitrogens is 1. The normalized spacial score (nSPS) is 25.4. The summed E-state index contributed by atoms with van der Waals surface area (Å²) < 4.78 is 1.89. The maximum Gasteiger partial charge on any atom is 0.309 e. The van der Waals surface area contributed by atoms with Crippen LogP contribution in [0.4, 0.5) is 11.4 Å². The fraction of sp³-hybridized carbons (Fsp3) is 0.533. The zero-order chi connectivity index (χ0) is 41.1. The molecule has 0 saturated heterocycles. The first kappa shape index (κ1) is 39.9. The van der Waals surface area contributed by atoms with Crippen LogP contribution in [0.1, 0.15) is 114 Å². The number of nitrogens with one attached hydrogen (secondary N) is 3. The second-order valence-corrected chi connectivity index (χ2v) is 18.5. The smallest absolute Gasteiger partial charge is 0.309 e. The summed E-state index contributed by atoms with van der Waals surface area (Å²) >= 11 is 7.04. The van der Waals surface area contributed by atoms with Gasteiger partial charge in [-0.25, -0.2) is 9.97 Å². The lowest BCUT2D eigenvalue weighted by Gasteiger charge is -2.32. The third-order valence-corrected chi connectivity index (χ3v) is 14.9. The average molecular weight is 823 g/mol. The van der Waals surface area contributed by atoms with Crippen LogP contribution >= 0.6 is 11.6 Å². The highest BCUT2D eigenvalue weighted by Gasteiger charge is 2.57. The van der Waals surface area contributed by atoms with Crippen LogP contribution in [0.25, 0.3) is 11.1 Å². The van der Waals surface area contributed by atoms with Gasteiger partial charge < -0.3 is 30.4 Å². The van der Waals surface area contributed by atoms with Crippen molar-refractivity contribution in [1.29, 1.82) is 0 Å².